The summed E-state index contributed by atoms with van der Waals surface area (Å²) in [6.07, 6.45) is 4.29. The largest absolute Gasteiger partial charge is 0.481 e. The van der Waals surface area contributed by atoms with Gasteiger partial charge in [-0.15, -0.1) is 0 Å². The van der Waals surface area contributed by atoms with Crippen LogP contribution in [0.3, 0.4) is 0 Å². The maximum atomic E-state index is 12.7. The molecule has 138 valence electrons. The standard InChI is InChI=1S/C18H27N3O4/c1-19(2)7-8-20-10-15-11-21(16(22)14-4-9-25-12-14)6-3-5-18(15,13-20)17(23)24/h4,9,12,15H,3,5-8,10-11,13H2,1-2H3,(H,23,24)/t15-,18+/m0/s1. The van der Waals surface area contributed by atoms with Gasteiger partial charge in [-0.1, -0.05) is 0 Å². The second kappa shape index (κ2) is 7.17. The van der Waals surface area contributed by atoms with Crippen LogP contribution in [0.4, 0.5) is 0 Å². The topological polar surface area (TPSA) is 77.2 Å². The molecule has 0 aliphatic carbocycles. The molecule has 2 aliphatic rings. The molecule has 2 aliphatic heterocycles. The first-order valence-electron chi connectivity index (χ1n) is 8.84. The average Bonchev–Trinajstić information content (AvgIpc) is 3.17. The lowest BCUT2D eigenvalue weighted by Gasteiger charge is -2.29. The van der Waals surface area contributed by atoms with Gasteiger partial charge in [0.1, 0.15) is 6.26 Å². The van der Waals surface area contributed by atoms with Crippen LogP contribution in [-0.4, -0.2) is 85.0 Å². The smallest absolute Gasteiger partial charge is 0.311 e. The Morgan fingerprint density at radius 1 is 1.40 bits per heavy atom. The number of carboxylic acids is 1. The SMILES string of the molecule is CN(C)CCN1C[C@H]2CN(C(=O)c3ccoc3)CCC[C@@]2(C(=O)O)C1. The third kappa shape index (κ3) is 3.57. The first kappa shape index (κ1) is 17.9. The third-order valence-corrected chi connectivity index (χ3v) is 5.60. The van der Waals surface area contributed by atoms with Gasteiger partial charge < -0.3 is 24.2 Å². The molecule has 1 aromatic heterocycles. The molecule has 0 unspecified atom stereocenters. The number of likely N-dealkylation sites (tertiary alicyclic amines) is 2. The van der Waals surface area contributed by atoms with Gasteiger partial charge in [-0.3, -0.25) is 9.59 Å². The summed E-state index contributed by atoms with van der Waals surface area (Å²) >= 11 is 0. The number of nitrogens with zero attached hydrogens (tertiary/aromatic N) is 3. The molecule has 0 bridgehead atoms. The first-order chi connectivity index (χ1) is 11.9. The van der Waals surface area contributed by atoms with Crippen LogP contribution in [0, 0.1) is 11.3 Å². The highest BCUT2D eigenvalue weighted by atomic mass is 16.4. The molecule has 1 N–H and O–H groups in total. The van der Waals surface area contributed by atoms with Gasteiger partial charge in [0.2, 0.25) is 0 Å². The van der Waals surface area contributed by atoms with Crippen LogP contribution in [0.15, 0.2) is 23.0 Å². The number of hydrogen-bond acceptors (Lipinski definition) is 5. The number of carbonyl (C=O) groups is 2. The maximum absolute atomic E-state index is 12.7. The number of aliphatic carboxylic acids is 1. The molecule has 1 amide bonds. The zero-order chi connectivity index (χ0) is 18.0. The van der Waals surface area contributed by atoms with E-state index in [1.54, 1.807) is 11.0 Å². The van der Waals surface area contributed by atoms with Gasteiger partial charge in [0.25, 0.3) is 5.91 Å². The number of rotatable bonds is 5. The van der Waals surface area contributed by atoms with Crippen molar-refractivity contribution < 1.29 is 19.1 Å². The van der Waals surface area contributed by atoms with Gasteiger partial charge in [-0.05, 0) is 33.0 Å². The summed E-state index contributed by atoms with van der Waals surface area (Å²) in [7, 11) is 4.04. The van der Waals surface area contributed by atoms with E-state index in [9.17, 15) is 14.7 Å². The Labute approximate surface area is 148 Å². The molecular weight excluding hydrogens is 322 g/mol. The lowest BCUT2D eigenvalue weighted by molar-refractivity contribution is -0.150. The van der Waals surface area contributed by atoms with Crippen LogP contribution in [0.5, 0.6) is 0 Å². The van der Waals surface area contributed by atoms with Crippen molar-refractivity contribution in [1.82, 2.24) is 14.7 Å². The molecule has 0 spiro atoms. The van der Waals surface area contributed by atoms with Gasteiger partial charge in [-0.25, -0.2) is 0 Å². The lowest BCUT2D eigenvalue weighted by atomic mass is 9.75. The van der Waals surface area contributed by atoms with E-state index in [-0.39, 0.29) is 11.8 Å². The van der Waals surface area contributed by atoms with Crippen molar-refractivity contribution in [3.63, 3.8) is 0 Å². The third-order valence-electron chi connectivity index (χ3n) is 5.60. The highest BCUT2D eigenvalue weighted by Gasteiger charge is 2.53. The summed E-state index contributed by atoms with van der Waals surface area (Å²) in [5.74, 6) is -0.824. The molecule has 1 aromatic rings. The van der Waals surface area contributed by atoms with Crippen molar-refractivity contribution in [3.05, 3.63) is 24.2 Å². The van der Waals surface area contributed by atoms with Crippen molar-refractivity contribution in [2.45, 2.75) is 12.8 Å². The van der Waals surface area contributed by atoms with E-state index in [4.69, 9.17) is 4.42 Å². The molecule has 7 heteroatoms. The first-order valence-corrected chi connectivity index (χ1v) is 8.84. The zero-order valence-electron chi connectivity index (χ0n) is 15.0. The van der Waals surface area contributed by atoms with E-state index in [0.717, 1.165) is 19.6 Å². The monoisotopic (exact) mass is 349 g/mol. The normalized spacial score (nSPS) is 27.3. The average molecular weight is 349 g/mol. The number of likely N-dealkylation sites (N-methyl/N-ethyl adjacent to an activating group) is 1. The highest BCUT2D eigenvalue weighted by Crippen LogP contribution is 2.43. The number of fused-ring (bicyclic) bond motifs is 1. The van der Waals surface area contributed by atoms with Crippen LogP contribution in [-0.2, 0) is 4.79 Å². The molecule has 3 heterocycles. The van der Waals surface area contributed by atoms with Crippen molar-refractivity contribution in [1.29, 1.82) is 0 Å². The summed E-state index contributed by atoms with van der Waals surface area (Å²) < 4.78 is 5.02. The number of carboxylic acid groups (broad SMARTS) is 1. The Bertz CT molecular complexity index is 616. The molecule has 25 heavy (non-hydrogen) atoms. The fraction of sp³-hybridized carbons (Fsp3) is 0.667. The molecule has 2 saturated heterocycles. The highest BCUT2D eigenvalue weighted by molar-refractivity contribution is 5.94. The van der Waals surface area contributed by atoms with Crippen LogP contribution in [0.1, 0.15) is 23.2 Å². The quantitative estimate of drug-likeness (QED) is 0.857. The molecule has 2 fully saturated rings. The number of furan rings is 1. The van der Waals surface area contributed by atoms with Crippen molar-refractivity contribution in [3.8, 4) is 0 Å². The predicted molar refractivity (Wildman–Crippen MR) is 92.4 cm³/mol. The Morgan fingerprint density at radius 2 is 2.20 bits per heavy atom. The van der Waals surface area contributed by atoms with E-state index in [1.807, 2.05) is 14.1 Å². The van der Waals surface area contributed by atoms with E-state index < -0.39 is 11.4 Å². The van der Waals surface area contributed by atoms with Gasteiger partial charge in [0.15, 0.2) is 0 Å². The maximum Gasteiger partial charge on any atom is 0.311 e. The summed E-state index contributed by atoms with van der Waals surface area (Å²) in [6.45, 7) is 4.17. The minimum atomic E-state index is -0.738. The van der Waals surface area contributed by atoms with Crippen molar-refractivity contribution >= 4 is 11.9 Å². The van der Waals surface area contributed by atoms with E-state index >= 15 is 0 Å². The molecule has 3 rings (SSSR count). The van der Waals surface area contributed by atoms with Crippen LogP contribution >= 0.6 is 0 Å². The molecule has 7 nitrogen and oxygen atoms in total. The van der Waals surface area contributed by atoms with Crippen LogP contribution < -0.4 is 0 Å². The Balaban J connectivity index is 1.76. The second-order valence-corrected chi connectivity index (χ2v) is 7.56. The lowest BCUT2D eigenvalue weighted by Crippen LogP contribution is -2.42. The molecular formula is C18H27N3O4. The molecule has 0 aromatic carbocycles. The minimum absolute atomic E-state index is 0.0366. The van der Waals surface area contributed by atoms with Crippen molar-refractivity contribution in [2.75, 3.05) is 53.4 Å². The summed E-state index contributed by atoms with van der Waals surface area (Å²) in [5.41, 5.74) is -0.206. The number of hydrogen-bond donors (Lipinski definition) is 1. The van der Waals surface area contributed by atoms with E-state index in [2.05, 4.69) is 9.80 Å². The van der Waals surface area contributed by atoms with Gasteiger partial charge in [0, 0.05) is 45.2 Å². The van der Waals surface area contributed by atoms with Crippen molar-refractivity contribution in [2.24, 2.45) is 11.3 Å². The molecule has 0 saturated carbocycles. The second-order valence-electron chi connectivity index (χ2n) is 7.56. The van der Waals surface area contributed by atoms with E-state index in [0.29, 0.717) is 38.0 Å². The molecule has 0 radical (unpaired) electrons. The minimum Gasteiger partial charge on any atom is -0.481 e. The van der Waals surface area contributed by atoms with Gasteiger partial charge >= 0.3 is 5.97 Å². The zero-order valence-corrected chi connectivity index (χ0v) is 15.0. The Hall–Kier alpha value is -1.86. The van der Waals surface area contributed by atoms with E-state index in [1.165, 1.54) is 12.5 Å². The van der Waals surface area contributed by atoms with Gasteiger partial charge in [0.05, 0.1) is 17.2 Å². The van der Waals surface area contributed by atoms with Gasteiger partial charge in [-0.2, -0.15) is 0 Å². The summed E-state index contributed by atoms with van der Waals surface area (Å²) in [4.78, 5) is 31.0. The Kier molecular flexibility index (Phi) is 5.15. The molecule has 2 atom stereocenters. The number of carbonyl (C=O) groups excluding carboxylic acids is 1. The Morgan fingerprint density at radius 3 is 2.84 bits per heavy atom. The summed E-state index contributed by atoms with van der Waals surface area (Å²) in [6, 6.07) is 1.66. The predicted octanol–water partition coefficient (Wildman–Crippen LogP) is 1.08. The fourth-order valence-corrected chi connectivity index (χ4v) is 4.15. The van der Waals surface area contributed by atoms with Crippen LogP contribution in [0.25, 0.3) is 0 Å². The fourth-order valence-electron chi connectivity index (χ4n) is 4.15. The number of amides is 1. The van der Waals surface area contributed by atoms with Crippen LogP contribution in [0.2, 0.25) is 0 Å². The summed E-state index contributed by atoms with van der Waals surface area (Å²) in [5, 5.41) is 9.97.